The number of rotatable bonds is 3. The van der Waals surface area contributed by atoms with Crippen molar-refractivity contribution in [1.29, 1.82) is 0 Å². The molecule has 1 aromatic carbocycles. The Bertz CT molecular complexity index is 441. The number of hydrogen-bond donors (Lipinski definition) is 1. The van der Waals surface area contributed by atoms with Gasteiger partial charge < -0.3 is 0 Å². The summed E-state index contributed by atoms with van der Waals surface area (Å²) >= 11 is 0. The van der Waals surface area contributed by atoms with E-state index in [2.05, 4.69) is 5.32 Å². The van der Waals surface area contributed by atoms with Crippen molar-refractivity contribution in [3.8, 4) is 0 Å². The van der Waals surface area contributed by atoms with Crippen molar-refractivity contribution in [3.63, 3.8) is 0 Å². The summed E-state index contributed by atoms with van der Waals surface area (Å²) in [5.41, 5.74) is 0.906. The molecule has 2 rings (SSSR count). The van der Waals surface area contributed by atoms with E-state index < -0.39 is 0 Å². The number of carbonyl (C=O) groups is 2. The van der Waals surface area contributed by atoms with Crippen LogP contribution in [0.5, 0.6) is 0 Å². The highest BCUT2D eigenvalue weighted by Crippen LogP contribution is 2.32. The molecular formula is C13H14FNO2. The number of hydrogen-bond acceptors (Lipinski definition) is 2. The second-order valence-electron chi connectivity index (χ2n) is 4.29. The molecule has 2 unspecified atom stereocenters. The van der Waals surface area contributed by atoms with E-state index in [0.29, 0.717) is 0 Å². The Morgan fingerprint density at radius 2 is 2.00 bits per heavy atom. The molecular weight excluding hydrogens is 221 g/mol. The van der Waals surface area contributed by atoms with Crippen molar-refractivity contribution in [2.75, 3.05) is 0 Å². The minimum absolute atomic E-state index is 0.0259. The second-order valence-corrected chi connectivity index (χ2v) is 4.29. The van der Waals surface area contributed by atoms with Crippen molar-refractivity contribution >= 4 is 11.8 Å². The van der Waals surface area contributed by atoms with Gasteiger partial charge in [0.15, 0.2) is 0 Å². The van der Waals surface area contributed by atoms with Crippen LogP contribution >= 0.6 is 0 Å². The molecule has 90 valence electrons. The fraction of sp³-hybridized carbons (Fsp3) is 0.385. The van der Waals surface area contributed by atoms with E-state index in [9.17, 15) is 14.0 Å². The molecule has 0 saturated carbocycles. The van der Waals surface area contributed by atoms with Crippen LogP contribution in [0.2, 0.25) is 0 Å². The highest BCUT2D eigenvalue weighted by atomic mass is 19.1. The topological polar surface area (TPSA) is 46.2 Å². The van der Waals surface area contributed by atoms with Crippen molar-refractivity contribution in [2.24, 2.45) is 5.92 Å². The first-order valence-corrected chi connectivity index (χ1v) is 5.71. The molecule has 1 saturated heterocycles. The first kappa shape index (κ1) is 11.8. The number of imide groups is 1. The summed E-state index contributed by atoms with van der Waals surface area (Å²) in [5, 5.41) is 2.31. The molecule has 4 heteroatoms. The van der Waals surface area contributed by atoms with Gasteiger partial charge in [0.2, 0.25) is 11.8 Å². The third kappa shape index (κ3) is 2.35. The summed E-state index contributed by atoms with van der Waals surface area (Å²) in [5.74, 6) is -1.08. The lowest BCUT2D eigenvalue weighted by Gasteiger charge is -2.19. The second kappa shape index (κ2) is 4.65. The zero-order valence-electron chi connectivity index (χ0n) is 9.57. The van der Waals surface area contributed by atoms with Crippen LogP contribution in [-0.4, -0.2) is 11.8 Å². The van der Waals surface area contributed by atoms with E-state index in [4.69, 9.17) is 0 Å². The van der Waals surface area contributed by atoms with Gasteiger partial charge in [-0.2, -0.15) is 0 Å². The van der Waals surface area contributed by atoms with Gasteiger partial charge in [0.25, 0.3) is 0 Å². The first-order chi connectivity index (χ1) is 8.11. The minimum atomic E-state index is -0.321. The molecule has 1 aliphatic rings. The molecule has 0 radical (unpaired) electrons. The molecule has 17 heavy (non-hydrogen) atoms. The molecule has 0 aromatic heterocycles. The Morgan fingerprint density at radius 3 is 2.47 bits per heavy atom. The molecule has 1 fully saturated rings. The molecule has 1 aromatic rings. The summed E-state index contributed by atoms with van der Waals surface area (Å²) in [7, 11) is 0. The maximum absolute atomic E-state index is 12.8. The average molecular weight is 235 g/mol. The van der Waals surface area contributed by atoms with Gasteiger partial charge in [-0.3, -0.25) is 14.9 Å². The van der Waals surface area contributed by atoms with Crippen LogP contribution in [0.25, 0.3) is 0 Å². The fourth-order valence-electron chi connectivity index (χ4n) is 2.36. The normalized spacial score (nSPS) is 21.4. The molecule has 1 heterocycles. The van der Waals surface area contributed by atoms with Crippen molar-refractivity contribution in [1.82, 2.24) is 5.32 Å². The van der Waals surface area contributed by atoms with E-state index in [1.54, 1.807) is 12.1 Å². The molecule has 2 amide bonds. The van der Waals surface area contributed by atoms with Crippen LogP contribution < -0.4 is 5.32 Å². The molecule has 0 bridgehead atoms. The predicted octanol–water partition coefficient (Wildman–Crippen LogP) is 1.98. The van der Waals surface area contributed by atoms with Gasteiger partial charge in [0.05, 0.1) is 5.92 Å². The number of carbonyl (C=O) groups excluding carboxylic acids is 2. The lowest BCUT2D eigenvalue weighted by atomic mass is 9.83. The number of amides is 2. The van der Waals surface area contributed by atoms with Crippen LogP contribution in [0, 0.1) is 11.7 Å². The molecule has 1 N–H and O–H groups in total. The van der Waals surface area contributed by atoms with Gasteiger partial charge in [-0.15, -0.1) is 0 Å². The SMILES string of the molecule is CCC(c1ccc(F)cc1)C1CC(=O)NC1=O. The van der Waals surface area contributed by atoms with Gasteiger partial charge in [-0.1, -0.05) is 19.1 Å². The van der Waals surface area contributed by atoms with Gasteiger partial charge in [-0.05, 0) is 30.0 Å². The third-order valence-corrected chi connectivity index (χ3v) is 3.23. The smallest absolute Gasteiger partial charge is 0.230 e. The van der Waals surface area contributed by atoms with Gasteiger partial charge >= 0.3 is 0 Å². The van der Waals surface area contributed by atoms with Gasteiger partial charge in [0.1, 0.15) is 5.82 Å². The zero-order chi connectivity index (χ0) is 12.4. The highest BCUT2D eigenvalue weighted by molar-refractivity contribution is 6.03. The van der Waals surface area contributed by atoms with E-state index in [1.165, 1.54) is 12.1 Å². The van der Waals surface area contributed by atoms with E-state index in [1.807, 2.05) is 6.92 Å². The van der Waals surface area contributed by atoms with Crippen LogP contribution in [0.4, 0.5) is 4.39 Å². The van der Waals surface area contributed by atoms with Gasteiger partial charge in [-0.25, -0.2) is 4.39 Å². The van der Waals surface area contributed by atoms with Crippen LogP contribution in [0.15, 0.2) is 24.3 Å². The molecule has 1 aliphatic heterocycles. The van der Waals surface area contributed by atoms with Crippen LogP contribution in [-0.2, 0) is 9.59 Å². The largest absolute Gasteiger partial charge is 0.296 e. The maximum Gasteiger partial charge on any atom is 0.230 e. The minimum Gasteiger partial charge on any atom is -0.296 e. The van der Waals surface area contributed by atoms with Crippen LogP contribution in [0.1, 0.15) is 31.2 Å². The molecule has 0 spiro atoms. The Hall–Kier alpha value is -1.71. The Kier molecular flexibility index (Phi) is 3.22. The summed E-state index contributed by atoms with van der Waals surface area (Å²) in [4.78, 5) is 22.8. The molecule has 3 nitrogen and oxygen atoms in total. The monoisotopic (exact) mass is 235 g/mol. The average Bonchev–Trinajstić information content (AvgIpc) is 2.62. The number of benzene rings is 1. The van der Waals surface area contributed by atoms with Crippen molar-refractivity contribution < 1.29 is 14.0 Å². The first-order valence-electron chi connectivity index (χ1n) is 5.71. The Morgan fingerprint density at radius 1 is 1.35 bits per heavy atom. The Labute approximate surface area is 99.0 Å². The fourth-order valence-corrected chi connectivity index (χ4v) is 2.36. The summed E-state index contributed by atoms with van der Waals surface area (Å²) < 4.78 is 12.8. The Balaban J connectivity index is 2.24. The molecule has 2 atom stereocenters. The van der Waals surface area contributed by atoms with E-state index >= 15 is 0 Å². The summed E-state index contributed by atoms with van der Waals surface area (Å²) in [6.07, 6.45) is 0.978. The highest BCUT2D eigenvalue weighted by Gasteiger charge is 2.36. The molecule has 0 aliphatic carbocycles. The summed E-state index contributed by atoms with van der Waals surface area (Å²) in [6, 6.07) is 6.12. The number of halogens is 1. The van der Waals surface area contributed by atoms with Crippen molar-refractivity contribution in [2.45, 2.75) is 25.7 Å². The number of nitrogens with one attached hydrogen (secondary N) is 1. The van der Waals surface area contributed by atoms with E-state index in [0.717, 1.165) is 12.0 Å². The lowest BCUT2D eigenvalue weighted by molar-refractivity contribution is -0.126. The standard InChI is InChI=1S/C13H14FNO2/c1-2-10(8-3-5-9(14)6-4-8)11-7-12(16)15-13(11)17/h3-6,10-11H,2,7H2,1H3,(H,15,16,17). The quantitative estimate of drug-likeness (QED) is 0.814. The van der Waals surface area contributed by atoms with Crippen LogP contribution in [0.3, 0.4) is 0 Å². The van der Waals surface area contributed by atoms with Crippen molar-refractivity contribution in [3.05, 3.63) is 35.6 Å². The van der Waals surface area contributed by atoms with E-state index in [-0.39, 0.29) is 35.9 Å². The predicted molar refractivity (Wildman–Crippen MR) is 60.7 cm³/mol. The summed E-state index contributed by atoms with van der Waals surface area (Å²) in [6.45, 7) is 1.96. The maximum atomic E-state index is 12.8. The van der Waals surface area contributed by atoms with Gasteiger partial charge in [0, 0.05) is 6.42 Å². The zero-order valence-corrected chi connectivity index (χ0v) is 9.57. The third-order valence-electron chi connectivity index (χ3n) is 3.23. The lowest BCUT2D eigenvalue weighted by Crippen LogP contribution is -2.25.